The number of carboxylic acids is 1. The van der Waals surface area contributed by atoms with Crippen LogP contribution in [-0.2, 0) is 6.54 Å². The molecule has 2 N–H and O–H groups in total. The van der Waals surface area contributed by atoms with Crippen LogP contribution in [0, 0.1) is 19.3 Å². The van der Waals surface area contributed by atoms with Crippen LogP contribution >= 0.6 is 0 Å². The Morgan fingerprint density at radius 3 is 2.62 bits per heavy atom. The van der Waals surface area contributed by atoms with Crippen LogP contribution in [0.15, 0.2) is 36.5 Å². The lowest BCUT2D eigenvalue weighted by molar-refractivity contribution is -0.186. The third-order valence-electron chi connectivity index (χ3n) is 7.82. The van der Waals surface area contributed by atoms with Gasteiger partial charge in [-0.2, -0.15) is 0 Å². The number of piperidine rings is 1. The van der Waals surface area contributed by atoms with Crippen molar-refractivity contribution < 1.29 is 23.4 Å². The number of aromatic nitrogens is 1. The molecule has 2 aromatic carbocycles. The Labute approximate surface area is 197 Å². The van der Waals surface area contributed by atoms with Crippen molar-refractivity contribution in [3.8, 4) is 5.75 Å². The molecule has 0 amide bonds. The van der Waals surface area contributed by atoms with E-state index in [2.05, 4.69) is 16.0 Å². The van der Waals surface area contributed by atoms with E-state index >= 15 is 0 Å². The number of ether oxygens (including phenoxy) is 1. The summed E-state index contributed by atoms with van der Waals surface area (Å²) in [5.74, 6) is -2.72. The van der Waals surface area contributed by atoms with Crippen LogP contribution in [0.2, 0.25) is 0 Å². The second-order valence-electron chi connectivity index (χ2n) is 10.2. The van der Waals surface area contributed by atoms with Gasteiger partial charge in [0, 0.05) is 48.1 Å². The van der Waals surface area contributed by atoms with Gasteiger partial charge < -0.3 is 14.8 Å². The molecule has 34 heavy (non-hydrogen) atoms. The Morgan fingerprint density at radius 2 is 1.97 bits per heavy atom. The molecule has 0 unspecified atom stereocenters. The van der Waals surface area contributed by atoms with Gasteiger partial charge in [-0.3, -0.25) is 4.90 Å². The van der Waals surface area contributed by atoms with Gasteiger partial charge in [0.1, 0.15) is 5.75 Å². The third kappa shape index (κ3) is 3.86. The number of carbonyl (C=O) groups is 1. The highest BCUT2D eigenvalue weighted by Crippen LogP contribution is 2.60. The summed E-state index contributed by atoms with van der Waals surface area (Å²) in [6, 6.07) is 9.41. The maximum Gasteiger partial charge on any atom is 0.335 e. The Kier molecular flexibility index (Phi) is 5.43. The van der Waals surface area contributed by atoms with Crippen LogP contribution < -0.4 is 4.74 Å². The Hall–Kier alpha value is -2.93. The van der Waals surface area contributed by atoms with Crippen molar-refractivity contribution in [3.63, 3.8) is 0 Å². The van der Waals surface area contributed by atoms with E-state index in [4.69, 9.17) is 4.74 Å². The molecular formula is C27H30F2N2O3. The van der Waals surface area contributed by atoms with Crippen LogP contribution in [0.5, 0.6) is 5.75 Å². The molecule has 1 aliphatic carbocycles. The number of H-pyrrole nitrogens is 1. The predicted octanol–water partition coefficient (Wildman–Crippen LogP) is 6.24. The first-order valence-corrected chi connectivity index (χ1v) is 11.7. The van der Waals surface area contributed by atoms with E-state index in [1.807, 2.05) is 31.3 Å². The number of fused-ring (bicyclic) bond motifs is 1. The molecule has 2 heterocycles. The van der Waals surface area contributed by atoms with Crippen LogP contribution in [0.3, 0.4) is 0 Å². The number of aromatic amines is 1. The van der Waals surface area contributed by atoms with Gasteiger partial charge in [-0.1, -0.05) is 12.1 Å². The predicted molar refractivity (Wildman–Crippen MR) is 127 cm³/mol. The van der Waals surface area contributed by atoms with Gasteiger partial charge in [-0.25, -0.2) is 13.6 Å². The van der Waals surface area contributed by atoms with E-state index < -0.39 is 11.9 Å². The molecule has 1 saturated heterocycles. The van der Waals surface area contributed by atoms with Crippen LogP contribution in [0.4, 0.5) is 8.78 Å². The van der Waals surface area contributed by atoms with Crippen LogP contribution in [0.1, 0.15) is 64.3 Å². The second kappa shape index (κ2) is 8.08. The Bertz CT molecular complexity index is 1260. The van der Waals surface area contributed by atoms with E-state index in [-0.39, 0.29) is 29.9 Å². The lowest BCUT2D eigenvalue weighted by Crippen LogP contribution is -2.53. The zero-order valence-corrected chi connectivity index (χ0v) is 19.8. The summed E-state index contributed by atoms with van der Waals surface area (Å²) in [6.07, 6.45) is 3.17. The van der Waals surface area contributed by atoms with Gasteiger partial charge in [0.25, 0.3) is 0 Å². The zero-order chi connectivity index (χ0) is 24.3. The minimum absolute atomic E-state index is 0.0631. The minimum atomic E-state index is -2.58. The molecule has 1 saturated carbocycles. The van der Waals surface area contributed by atoms with Crippen molar-refractivity contribution in [2.45, 2.75) is 58.0 Å². The number of rotatable bonds is 5. The highest BCUT2D eigenvalue weighted by Gasteiger charge is 2.58. The number of aryl methyl sites for hydroxylation is 2. The molecule has 5 rings (SSSR count). The fourth-order valence-corrected chi connectivity index (χ4v) is 6.18. The van der Waals surface area contributed by atoms with E-state index in [1.165, 1.54) is 0 Å². The number of hydrogen-bond donors (Lipinski definition) is 2. The van der Waals surface area contributed by atoms with Crippen molar-refractivity contribution in [3.05, 3.63) is 64.3 Å². The lowest BCUT2D eigenvalue weighted by Gasteiger charge is -2.54. The number of benzene rings is 2. The SMILES string of the molecule is COc1cc(C)c2[nH]ccc2c1CN1CCC2(C[C@H]1c1ccc(C(=O)O)c(C)c1)CC(F)(F)C2. The fourth-order valence-electron chi connectivity index (χ4n) is 6.18. The van der Waals surface area contributed by atoms with Crippen LogP contribution in [-0.4, -0.2) is 40.5 Å². The topological polar surface area (TPSA) is 65.6 Å². The van der Waals surface area contributed by atoms with Gasteiger partial charge in [0.05, 0.1) is 12.7 Å². The smallest absolute Gasteiger partial charge is 0.335 e. The highest BCUT2D eigenvalue weighted by molar-refractivity contribution is 5.89. The first kappa shape index (κ1) is 22.8. The number of nitrogens with zero attached hydrogens (tertiary/aromatic N) is 1. The van der Waals surface area contributed by atoms with E-state index in [1.54, 1.807) is 20.1 Å². The molecule has 1 aromatic heterocycles. The van der Waals surface area contributed by atoms with Crippen molar-refractivity contribution in [1.82, 2.24) is 9.88 Å². The average molecular weight is 469 g/mol. The van der Waals surface area contributed by atoms with Crippen molar-refractivity contribution in [2.24, 2.45) is 5.41 Å². The number of nitrogens with one attached hydrogen (secondary N) is 1. The highest BCUT2D eigenvalue weighted by atomic mass is 19.3. The molecule has 180 valence electrons. The monoisotopic (exact) mass is 468 g/mol. The van der Waals surface area contributed by atoms with Gasteiger partial charge in [0.15, 0.2) is 0 Å². The number of hydrogen-bond acceptors (Lipinski definition) is 3. The summed E-state index contributed by atoms with van der Waals surface area (Å²) in [6.45, 7) is 5.15. The fraction of sp³-hybridized carbons (Fsp3) is 0.444. The summed E-state index contributed by atoms with van der Waals surface area (Å²) in [5.41, 5.74) is 4.82. The number of carboxylic acid groups (broad SMARTS) is 1. The standard InChI is InChI=1S/C27H30F2N2O3/c1-16-10-18(4-5-19(16)25(32)33)22-12-26(14-27(28,29)15-26)7-9-31(22)13-21-20-6-8-30-24(20)17(2)11-23(21)34-3/h4-6,8,10-11,22,30H,7,9,12-15H2,1-3H3,(H,32,33)/t22-/m0/s1. The summed E-state index contributed by atoms with van der Waals surface area (Å²) in [4.78, 5) is 17.2. The van der Waals surface area contributed by atoms with Gasteiger partial charge >= 0.3 is 5.97 Å². The molecule has 1 atom stereocenters. The van der Waals surface area contributed by atoms with E-state index in [9.17, 15) is 18.7 Å². The van der Waals surface area contributed by atoms with Crippen molar-refractivity contribution in [2.75, 3.05) is 13.7 Å². The van der Waals surface area contributed by atoms with Crippen molar-refractivity contribution in [1.29, 1.82) is 0 Å². The quantitative estimate of drug-likeness (QED) is 0.465. The number of likely N-dealkylation sites (tertiary alicyclic amines) is 1. The largest absolute Gasteiger partial charge is 0.496 e. The molecule has 0 bridgehead atoms. The Balaban J connectivity index is 1.53. The molecule has 0 radical (unpaired) electrons. The summed E-state index contributed by atoms with van der Waals surface area (Å²) in [5, 5.41) is 10.6. The summed E-state index contributed by atoms with van der Waals surface area (Å²) in [7, 11) is 1.67. The number of halogens is 2. The molecule has 7 heteroatoms. The molecule has 3 aromatic rings. The summed E-state index contributed by atoms with van der Waals surface area (Å²) < 4.78 is 33.6. The van der Waals surface area contributed by atoms with E-state index in [0.717, 1.165) is 39.8 Å². The molecule has 2 aliphatic rings. The van der Waals surface area contributed by atoms with Crippen molar-refractivity contribution >= 4 is 16.9 Å². The van der Waals surface area contributed by atoms with Gasteiger partial charge in [0.2, 0.25) is 5.92 Å². The van der Waals surface area contributed by atoms with Gasteiger partial charge in [-0.15, -0.1) is 0 Å². The maximum absolute atomic E-state index is 13.9. The number of aromatic carboxylic acids is 1. The molecule has 5 nitrogen and oxygen atoms in total. The normalized spacial score (nSPS) is 21.5. The second-order valence-corrected chi connectivity index (χ2v) is 10.2. The number of alkyl halides is 2. The molecular weight excluding hydrogens is 438 g/mol. The maximum atomic E-state index is 13.9. The summed E-state index contributed by atoms with van der Waals surface area (Å²) >= 11 is 0. The zero-order valence-electron chi connectivity index (χ0n) is 19.8. The molecule has 2 fully saturated rings. The average Bonchev–Trinajstić information content (AvgIpc) is 3.25. The lowest BCUT2D eigenvalue weighted by atomic mass is 9.59. The first-order chi connectivity index (χ1) is 16.1. The minimum Gasteiger partial charge on any atom is -0.496 e. The first-order valence-electron chi connectivity index (χ1n) is 11.7. The van der Waals surface area contributed by atoms with Crippen LogP contribution in [0.25, 0.3) is 10.9 Å². The molecule has 1 aliphatic heterocycles. The Morgan fingerprint density at radius 1 is 1.21 bits per heavy atom. The van der Waals surface area contributed by atoms with E-state index in [0.29, 0.717) is 25.1 Å². The third-order valence-corrected chi connectivity index (χ3v) is 7.82. The molecule has 1 spiro atoms. The van der Waals surface area contributed by atoms with Gasteiger partial charge in [-0.05, 0) is 73.5 Å². The number of methoxy groups -OCH3 is 1.